The number of esters is 2. The molecular formula is C14H15NO5. The number of ether oxygens (including phenoxy) is 2. The quantitative estimate of drug-likeness (QED) is 0.614. The Bertz CT molecular complexity index is 568. The number of carbonyl (C=O) groups is 2. The van der Waals surface area contributed by atoms with E-state index in [0.717, 1.165) is 0 Å². The van der Waals surface area contributed by atoms with Gasteiger partial charge in [0, 0.05) is 0 Å². The molecule has 6 heteroatoms. The van der Waals surface area contributed by atoms with Gasteiger partial charge in [-0.25, -0.2) is 4.98 Å². The molecule has 2 rings (SSSR count). The highest BCUT2D eigenvalue weighted by Crippen LogP contribution is 2.23. The van der Waals surface area contributed by atoms with Crippen LogP contribution >= 0.6 is 0 Å². The van der Waals surface area contributed by atoms with Crippen molar-refractivity contribution in [3.63, 3.8) is 0 Å². The van der Waals surface area contributed by atoms with E-state index in [4.69, 9.17) is 13.9 Å². The molecule has 0 atom stereocenters. The van der Waals surface area contributed by atoms with Gasteiger partial charge in [-0.2, -0.15) is 0 Å². The van der Waals surface area contributed by atoms with Crippen molar-refractivity contribution in [2.24, 2.45) is 0 Å². The van der Waals surface area contributed by atoms with E-state index < -0.39 is 17.9 Å². The van der Waals surface area contributed by atoms with E-state index >= 15 is 0 Å². The molecule has 106 valence electrons. The van der Waals surface area contributed by atoms with Crippen molar-refractivity contribution in [3.05, 3.63) is 30.2 Å². The Morgan fingerprint density at radius 2 is 1.75 bits per heavy atom. The number of hydrogen-bond acceptors (Lipinski definition) is 6. The molecule has 20 heavy (non-hydrogen) atoms. The molecule has 0 unspecified atom stereocenters. The predicted octanol–water partition coefficient (Wildman–Crippen LogP) is 2.04. The maximum absolute atomic E-state index is 11.9. The Balaban J connectivity index is 2.38. The van der Waals surface area contributed by atoms with Crippen molar-refractivity contribution >= 4 is 23.0 Å². The SMILES string of the molecule is CCOC(=O)C(C(=O)OCC)c1nc2ccccc2o1. The van der Waals surface area contributed by atoms with E-state index in [-0.39, 0.29) is 19.1 Å². The van der Waals surface area contributed by atoms with Crippen LogP contribution in [-0.2, 0) is 19.1 Å². The summed E-state index contributed by atoms with van der Waals surface area (Å²) in [7, 11) is 0. The monoisotopic (exact) mass is 277 g/mol. The second kappa shape index (κ2) is 6.18. The Morgan fingerprint density at radius 1 is 1.15 bits per heavy atom. The number of nitrogens with zero attached hydrogens (tertiary/aromatic N) is 1. The second-order valence-corrected chi connectivity index (χ2v) is 3.96. The van der Waals surface area contributed by atoms with Gasteiger partial charge in [0.25, 0.3) is 0 Å². The van der Waals surface area contributed by atoms with Crippen LogP contribution in [0.25, 0.3) is 11.1 Å². The molecule has 0 bridgehead atoms. The fraction of sp³-hybridized carbons (Fsp3) is 0.357. The van der Waals surface area contributed by atoms with Gasteiger partial charge >= 0.3 is 11.9 Å². The minimum atomic E-state index is -1.29. The van der Waals surface area contributed by atoms with Crippen LogP contribution in [-0.4, -0.2) is 30.1 Å². The molecule has 0 fully saturated rings. The first kappa shape index (κ1) is 14.0. The summed E-state index contributed by atoms with van der Waals surface area (Å²) in [5.74, 6) is -2.75. The zero-order valence-electron chi connectivity index (χ0n) is 11.3. The van der Waals surface area contributed by atoms with Gasteiger partial charge in [-0.05, 0) is 26.0 Å². The number of oxazole rings is 1. The zero-order valence-corrected chi connectivity index (χ0v) is 11.3. The van der Waals surface area contributed by atoms with Gasteiger partial charge < -0.3 is 13.9 Å². The van der Waals surface area contributed by atoms with Crippen LogP contribution in [0.5, 0.6) is 0 Å². The smallest absolute Gasteiger partial charge is 0.330 e. The Labute approximate surface area is 115 Å². The molecule has 0 saturated heterocycles. The Hall–Kier alpha value is -2.37. The third-order valence-electron chi connectivity index (χ3n) is 2.60. The molecule has 0 spiro atoms. The van der Waals surface area contributed by atoms with Crippen LogP contribution in [0.4, 0.5) is 0 Å². The molecule has 0 amide bonds. The maximum Gasteiger partial charge on any atom is 0.330 e. The summed E-state index contributed by atoms with van der Waals surface area (Å²) in [6.07, 6.45) is 0. The van der Waals surface area contributed by atoms with Crippen LogP contribution in [0.2, 0.25) is 0 Å². The van der Waals surface area contributed by atoms with Crippen LogP contribution in [0.1, 0.15) is 25.7 Å². The fourth-order valence-electron chi connectivity index (χ4n) is 1.76. The highest BCUT2D eigenvalue weighted by Gasteiger charge is 2.36. The second-order valence-electron chi connectivity index (χ2n) is 3.96. The third kappa shape index (κ3) is 2.79. The van der Waals surface area contributed by atoms with Crippen LogP contribution in [0, 0.1) is 0 Å². The van der Waals surface area contributed by atoms with E-state index in [1.165, 1.54) is 0 Å². The lowest BCUT2D eigenvalue weighted by Crippen LogP contribution is -2.26. The summed E-state index contributed by atoms with van der Waals surface area (Å²) in [6, 6.07) is 7.01. The number of fused-ring (bicyclic) bond motifs is 1. The molecule has 2 aromatic rings. The molecular weight excluding hydrogens is 262 g/mol. The lowest BCUT2D eigenvalue weighted by Gasteiger charge is -2.10. The Kier molecular flexibility index (Phi) is 4.34. The first-order valence-electron chi connectivity index (χ1n) is 6.36. The molecule has 0 saturated carbocycles. The minimum absolute atomic E-state index is 0.0110. The van der Waals surface area contributed by atoms with Gasteiger partial charge in [-0.15, -0.1) is 0 Å². The van der Waals surface area contributed by atoms with Crippen molar-refractivity contribution in [1.82, 2.24) is 4.98 Å². The average Bonchev–Trinajstić information content (AvgIpc) is 2.82. The summed E-state index contributed by atoms with van der Waals surface area (Å²) in [6.45, 7) is 3.64. The highest BCUT2D eigenvalue weighted by molar-refractivity contribution is 6.00. The molecule has 0 aliphatic carbocycles. The van der Waals surface area contributed by atoms with Gasteiger partial charge in [0.2, 0.25) is 11.8 Å². The molecule has 0 aliphatic heterocycles. The van der Waals surface area contributed by atoms with E-state index in [1.54, 1.807) is 38.1 Å². The van der Waals surface area contributed by atoms with Crippen molar-refractivity contribution in [2.75, 3.05) is 13.2 Å². The fourth-order valence-corrected chi connectivity index (χ4v) is 1.76. The number of benzene rings is 1. The predicted molar refractivity (Wildman–Crippen MR) is 70.0 cm³/mol. The summed E-state index contributed by atoms with van der Waals surface area (Å²) >= 11 is 0. The molecule has 1 heterocycles. The maximum atomic E-state index is 11.9. The van der Waals surface area contributed by atoms with Crippen molar-refractivity contribution in [3.8, 4) is 0 Å². The molecule has 0 radical (unpaired) electrons. The van der Waals surface area contributed by atoms with Crippen molar-refractivity contribution < 1.29 is 23.5 Å². The van der Waals surface area contributed by atoms with E-state index in [9.17, 15) is 9.59 Å². The standard InChI is InChI=1S/C14H15NO5/c1-3-18-13(16)11(14(17)19-4-2)12-15-9-7-5-6-8-10(9)20-12/h5-8,11H,3-4H2,1-2H3. The number of carbonyl (C=O) groups excluding carboxylic acids is 2. The Morgan fingerprint density at radius 3 is 2.30 bits per heavy atom. The summed E-state index contributed by atoms with van der Waals surface area (Å²) in [5, 5.41) is 0. The molecule has 1 aromatic carbocycles. The molecule has 6 nitrogen and oxygen atoms in total. The highest BCUT2D eigenvalue weighted by atomic mass is 16.6. The van der Waals surface area contributed by atoms with Gasteiger partial charge in [0.05, 0.1) is 13.2 Å². The topological polar surface area (TPSA) is 78.6 Å². The average molecular weight is 277 g/mol. The summed E-state index contributed by atoms with van der Waals surface area (Å²) in [5.41, 5.74) is 1.07. The van der Waals surface area contributed by atoms with Crippen molar-refractivity contribution in [1.29, 1.82) is 0 Å². The number of hydrogen-bond donors (Lipinski definition) is 0. The van der Waals surface area contributed by atoms with E-state index in [1.807, 2.05) is 0 Å². The van der Waals surface area contributed by atoms with Gasteiger partial charge in [-0.3, -0.25) is 9.59 Å². The summed E-state index contributed by atoms with van der Waals surface area (Å²) in [4.78, 5) is 28.0. The van der Waals surface area contributed by atoms with E-state index in [2.05, 4.69) is 4.98 Å². The summed E-state index contributed by atoms with van der Waals surface area (Å²) < 4.78 is 15.2. The molecule has 0 N–H and O–H groups in total. The van der Waals surface area contributed by atoms with Crippen LogP contribution < -0.4 is 0 Å². The number of para-hydroxylation sites is 2. The van der Waals surface area contributed by atoms with E-state index in [0.29, 0.717) is 11.1 Å². The largest absolute Gasteiger partial charge is 0.465 e. The van der Waals surface area contributed by atoms with Crippen LogP contribution in [0.15, 0.2) is 28.7 Å². The van der Waals surface area contributed by atoms with Crippen LogP contribution in [0.3, 0.4) is 0 Å². The first-order chi connectivity index (χ1) is 9.67. The first-order valence-corrected chi connectivity index (χ1v) is 6.36. The lowest BCUT2D eigenvalue weighted by atomic mass is 10.1. The molecule has 1 aromatic heterocycles. The molecule has 0 aliphatic rings. The van der Waals surface area contributed by atoms with Gasteiger partial charge in [0.15, 0.2) is 5.58 Å². The van der Waals surface area contributed by atoms with Crippen molar-refractivity contribution in [2.45, 2.75) is 19.8 Å². The van der Waals surface area contributed by atoms with Gasteiger partial charge in [-0.1, -0.05) is 12.1 Å². The minimum Gasteiger partial charge on any atom is -0.465 e. The lowest BCUT2D eigenvalue weighted by molar-refractivity contribution is -0.157. The normalized spacial score (nSPS) is 10.8. The zero-order chi connectivity index (χ0) is 14.5. The number of rotatable bonds is 5. The number of aromatic nitrogens is 1. The van der Waals surface area contributed by atoms with Gasteiger partial charge in [0.1, 0.15) is 5.52 Å². The third-order valence-corrected chi connectivity index (χ3v) is 2.60.